The average Bonchev–Trinajstić information content (AvgIpc) is 2.78. The minimum atomic E-state index is -4.42. The number of pyridine rings is 1. The van der Waals surface area contributed by atoms with Gasteiger partial charge in [-0.25, -0.2) is 9.97 Å². The van der Waals surface area contributed by atoms with Crippen molar-refractivity contribution in [3.8, 4) is 5.75 Å². The van der Waals surface area contributed by atoms with E-state index >= 15 is 0 Å². The Hall–Kier alpha value is -3.47. The number of anilines is 2. The van der Waals surface area contributed by atoms with E-state index in [4.69, 9.17) is 4.74 Å². The number of carbonyl (C=O) groups excluding carboxylic acids is 1. The lowest BCUT2D eigenvalue weighted by Crippen LogP contribution is -2.44. The lowest BCUT2D eigenvalue weighted by Gasteiger charge is -2.27. The molecule has 11 heteroatoms. The van der Waals surface area contributed by atoms with Crippen LogP contribution in [0.2, 0.25) is 0 Å². The highest BCUT2D eigenvalue weighted by atomic mass is 19.4. The summed E-state index contributed by atoms with van der Waals surface area (Å²) in [7, 11) is 0. The molecule has 168 valence electrons. The van der Waals surface area contributed by atoms with Gasteiger partial charge in [0.15, 0.2) is 12.3 Å². The molecule has 32 heavy (non-hydrogen) atoms. The van der Waals surface area contributed by atoms with Crippen LogP contribution in [0, 0.1) is 6.92 Å². The fourth-order valence-corrected chi connectivity index (χ4v) is 3.30. The Labute approximate surface area is 181 Å². The van der Waals surface area contributed by atoms with Gasteiger partial charge in [-0.05, 0) is 37.3 Å². The Morgan fingerprint density at radius 2 is 1.91 bits per heavy atom. The highest BCUT2D eigenvalue weighted by Gasteiger charge is 2.30. The third-order valence-electron chi connectivity index (χ3n) is 4.97. The molecule has 8 nitrogen and oxygen atoms in total. The molecule has 1 aliphatic heterocycles. The van der Waals surface area contributed by atoms with E-state index in [0.717, 1.165) is 44.0 Å². The van der Waals surface area contributed by atoms with Crippen molar-refractivity contribution >= 4 is 28.6 Å². The predicted octanol–water partition coefficient (Wildman–Crippen LogP) is 2.78. The lowest BCUT2D eigenvalue weighted by atomic mass is 10.2. The summed E-state index contributed by atoms with van der Waals surface area (Å²) >= 11 is 0. The molecule has 1 amide bonds. The van der Waals surface area contributed by atoms with Crippen molar-refractivity contribution < 1.29 is 22.7 Å². The van der Waals surface area contributed by atoms with Crippen molar-refractivity contribution in [1.82, 2.24) is 20.3 Å². The molecule has 2 N–H and O–H groups in total. The first-order chi connectivity index (χ1) is 15.3. The fourth-order valence-electron chi connectivity index (χ4n) is 3.30. The summed E-state index contributed by atoms with van der Waals surface area (Å²) in [6.07, 6.45) is -2.93. The molecule has 1 aliphatic rings. The lowest BCUT2D eigenvalue weighted by molar-refractivity contribution is -0.137. The molecular formula is C21H21F3N6O2. The van der Waals surface area contributed by atoms with Gasteiger partial charge in [0.25, 0.3) is 5.91 Å². The number of benzene rings is 1. The number of alkyl halides is 3. The number of nitrogens with zero attached hydrogens (tertiary/aromatic N) is 4. The van der Waals surface area contributed by atoms with Crippen molar-refractivity contribution in [3.63, 3.8) is 0 Å². The number of hydrogen-bond donors (Lipinski definition) is 2. The Kier molecular flexibility index (Phi) is 6.08. The highest BCUT2D eigenvalue weighted by molar-refractivity contribution is 5.94. The Morgan fingerprint density at radius 3 is 2.59 bits per heavy atom. The van der Waals surface area contributed by atoms with Gasteiger partial charge in [0, 0.05) is 31.6 Å². The van der Waals surface area contributed by atoms with Gasteiger partial charge < -0.3 is 20.3 Å². The smallest absolute Gasteiger partial charge is 0.416 e. The molecule has 0 unspecified atom stereocenters. The summed E-state index contributed by atoms with van der Waals surface area (Å²) in [5.41, 5.74) is 0.938. The minimum absolute atomic E-state index is 0.162. The second-order valence-electron chi connectivity index (χ2n) is 7.30. The van der Waals surface area contributed by atoms with E-state index in [1.54, 1.807) is 6.07 Å². The van der Waals surface area contributed by atoms with E-state index in [-0.39, 0.29) is 12.4 Å². The minimum Gasteiger partial charge on any atom is -0.484 e. The van der Waals surface area contributed by atoms with E-state index in [1.807, 2.05) is 6.92 Å². The van der Waals surface area contributed by atoms with Crippen LogP contribution in [0.25, 0.3) is 11.0 Å². The molecule has 0 atom stereocenters. The standard InChI is InChI=1S/C21H21F3N6O2/c1-13-17-10-15(11-26-19(17)29-20(27-13)30-8-6-25-7-9-30)28-18(31)12-32-16-4-2-14(3-5-16)21(22,23)24/h2-5,10-11,25H,6-9,12H2,1H3,(H,28,31). The van der Waals surface area contributed by atoms with E-state index in [0.29, 0.717) is 22.7 Å². The first-order valence-corrected chi connectivity index (χ1v) is 9.99. The zero-order valence-corrected chi connectivity index (χ0v) is 17.2. The summed E-state index contributed by atoms with van der Waals surface area (Å²) in [6, 6.07) is 5.87. The molecular weight excluding hydrogens is 425 g/mol. The van der Waals surface area contributed by atoms with Gasteiger partial charge in [-0.3, -0.25) is 4.79 Å². The first kappa shape index (κ1) is 21.8. The fraction of sp³-hybridized carbons (Fsp3) is 0.333. The van der Waals surface area contributed by atoms with Gasteiger partial charge in [-0.1, -0.05) is 0 Å². The summed E-state index contributed by atoms with van der Waals surface area (Å²) in [6.45, 7) is 4.87. The molecule has 0 aliphatic carbocycles. The zero-order chi connectivity index (χ0) is 22.7. The number of ether oxygens (including phenoxy) is 1. The number of nitrogens with one attached hydrogen (secondary N) is 2. The molecule has 0 radical (unpaired) electrons. The maximum absolute atomic E-state index is 12.6. The quantitative estimate of drug-likeness (QED) is 0.623. The van der Waals surface area contributed by atoms with Crippen LogP contribution >= 0.6 is 0 Å². The molecule has 3 aromatic rings. The second kappa shape index (κ2) is 8.95. The van der Waals surface area contributed by atoms with Crippen LogP contribution in [0.4, 0.5) is 24.8 Å². The number of amides is 1. The molecule has 1 saturated heterocycles. The summed E-state index contributed by atoms with van der Waals surface area (Å²) in [4.78, 5) is 27.8. The number of aryl methyl sites for hydroxylation is 1. The number of halogens is 3. The van der Waals surface area contributed by atoms with Gasteiger partial charge in [-0.15, -0.1) is 0 Å². The number of aromatic nitrogens is 3. The van der Waals surface area contributed by atoms with Crippen molar-refractivity contribution in [2.45, 2.75) is 13.1 Å². The van der Waals surface area contributed by atoms with Crippen LogP contribution in [-0.4, -0.2) is 53.6 Å². The zero-order valence-electron chi connectivity index (χ0n) is 17.2. The highest BCUT2D eigenvalue weighted by Crippen LogP contribution is 2.30. The van der Waals surface area contributed by atoms with E-state index in [9.17, 15) is 18.0 Å². The van der Waals surface area contributed by atoms with Crippen LogP contribution in [0.5, 0.6) is 5.75 Å². The number of fused-ring (bicyclic) bond motifs is 1. The monoisotopic (exact) mass is 446 g/mol. The van der Waals surface area contributed by atoms with E-state index < -0.39 is 17.6 Å². The summed E-state index contributed by atoms with van der Waals surface area (Å²) in [5.74, 6) is 0.322. The van der Waals surface area contributed by atoms with Crippen LogP contribution in [0.15, 0.2) is 36.5 Å². The molecule has 0 bridgehead atoms. The summed E-state index contributed by atoms with van der Waals surface area (Å²) in [5, 5.41) is 6.66. The van der Waals surface area contributed by atoms with Crippen LogP contribution in [0.1, 0.15) is 11.3 Å². The maximum Gasteiger partial charge on any atom is 0.416 e. The van der Waals surface area contributed by atoms with Crippen molar-refractivity contribution in [2.75, 3.05) is 43.0 Å². The third kappa shape index (κ3) is 5.05. The molecule has 4 rings (SSSR count). The van der Waals surface area contributed by atoms with Crippen LogP contribution in [0.3, 0.4) is 0 Å². The number of rotatable bonds is 5. The van der Waals surface area contributed by atoms with Gasteiger partial charge in [-0.2, -0.15) is 18.2 Å². The third-order valence-corrected chi connectivity index (χ3v) is 4.97. The Balaban J connectivity index is 1.40. The van der Waals surface area contributed by atoms with Crippen molar-refractivity contribution in [3.05, 3.63) is 47.8 Å². The van der Waals surface area contributed by atoms with Gasteiger partial charge in [0.1, 0.15) is 5.75 Å². The topological polar surface area (TPSA) is 92.3 Å². The van der Waals surface area contributed by atoms with Gasteiger partial charge in [0.2, 0.25) is 5.95 Å². The van der Waals surface area contributed by atoms with Crippen molar-refractivity contribution in [1.29, 1.82) is 0 Å². The van der Waals surface area contributed by atoms with Gasteiger partial charge >= 0.3 is 6.18 Å². The maximum atomic E-state index is 12.6. The Morgan fingerprint density at radius 1 is 1.19 bits per heavy atom. The summed E-state index contributed by atoms with van der Waals surface area (Å²) < 4.78 is 43.1. The van der Waals surface area contributed by atoms with E-state index in [1.165, 1.54) is 18.3 Å². The van der Waals surface area contributed by atoms with Crippen LogP contribution in [-0.2, 0) is 11.0 Å². The van der Waals surface area contributed by atoms with Crippen LogP contribution < -0.4 is 20.3 Å². The number of piperazine rings is 1. The molecule has 3 heterocycles. The molecule has 1 fully saturated rings. The predicted molar refractivity (Wildman–Crippen MR) is 113 cm³/mol. The largest absolute Gasteiger partial charge is 0.484 e. The van der Waals surface area contributed by atoms with E-state index in [2.05, 4.69) is 30.5 Å². The van der Waals surface area contributed by atoms with Gasteiger partial charge in [0.05, 0.1) is 23.1 Å². The SMILES string of the molecule is Cc1nc(N2CCNCC2)nc2ncc(NC(=O)COc3ccc(C(F)(F)F)cc3)cc12. The Bertz CT molecular complexity index is 1110. The number of carbonyl (C=O) groups is 1. The molecule has 0 spiro atoms. The normalized spacial score (nSPS) is 14.4. The molecule has 1 aromatic carbocycles. The second-order valence-corrected chi connectivity index (χ2v) is 7.30. The molecule has 0 saturated carbocycles. The van der Waals surface area contributed by atoms with Crippen molar-refractivity contribution in [2.24, 2.45) is 0 Å². The number of hydrogen-bond acceptors (Lipinski definition) is 7. The molecule has 2 aromatic heterocycles. The average molecular weight is 446 g/mol. The first-order valence-electron chi connectivity index (χ1n) is 9.99.